The van der Waals surface area contributed by atoms with Crippen LogP contribution < -0.4 is 17.0 Å². The highest BCUT2D eigenvalue weighted by Crippen LogP contribution is 2.23. The van der Waals surface area contributed by atoms with E-state index < -0.39 is 0 Å². The molecule has 82 valence electrons. The van der Waals surface area contributed by atoms with Crippen molar-refractivity contribution in [1.29, 1.82) is 5.41 Å². The molecule has 0 atom stereocenters. The first-order valence-electron chi connectivity index (χ1n) is 4.53. The fraction of sp³-hybridized carbons (Fsp3) is 0. The first-order chi connectivity index (χ1) is 7.61. The molecule has 0 fully saturated rings. The van der Waals surface area contributed by atoms with Crippen LogP contribution in [0.15, 0.2) is 24.3 Å². The summed E-state index contributed by atoms with van der Waals surface area (Å²) in [6.07, 6.45) is 0. The number of rotatable bonds is 1. The number of aromatic nitrogens is 1. The Hall–Kier alpha value is -1.85. The summed E-state index contributed by atoms with van der Waals surface area (Å²) in [7, 11) is 0. The Morgan fingerprint density at radius 1 is 1.38 bits per heavy atom. The lowest BCUT2D eigenvalue weighted by molar-refractivity contribution is 1.00. The van der Waals surface area contributed by atoms with Crippen molar-refractivity contribution in [2.45, 2.75) is 0 Å². The van der Waals surface area contributed by atoms with E-state index in [1.54, 1.807) is 18.2 Å². The lowest BCUT2D eigenvalue weighted by atomic mass is 10.1. The smallest absolute Gasteiger partial charge is 0.158 e. The lowest BCUT2D eigenvalue weighted by Gasteiger charge is -2.07. The van der Waals surface area contributed by atoms with Gasteiger partial charge in [-0.15, -0.1) is 0 Å². The fourth-order valence-corrected chi connectivity index (χ4v) is 1.62. The van der Waals surface area contributed by atoms with E-state index in [9.17, 15) is 0 Å². The highest BCUT2D eigenvalue weighted by atomic mass is 35.5. The maximum absolute atomic E-state index is 7.51. The molecule has 1 heterocycles. The summed E-state index contributed by atoms with van der Waals surface area (Å²) in [6, 6.07) is 7.04. The number of fused-ring (bicyclic) bond motifs is 1. The number of amidine groups is 1. The summed E-state index contributed by atoms with van der Waals surface area (Å²) >= 11 is 5.86. The van der Waals surface area contributed by atoms with Gasteiger partial charge < -0.3 is 11.2 Å². The molecule has 1 aromatic heterocycles. The molecule has 1 aromatic carbocycles. The number of anilines is 1. The Labute approximate surface area is 96.9 Å². The van der Waals surface area contributed by atoms with E-state index >= 15 is 0 Å². The molecule has 2 rings (SSSR count). The Morgan fingerprint density at radius 3 is 2.81 bits per heavy atom. The first-order valence-corrected chi connectivity index (χ1v) is 4.91. The van der Waals surface area contributed by atoms with E-state index in [0.717, 1.165) is 10.8 Å². The van der Waals surface area contributed by atoms with E-state index in [-0.39, 0.29) is 5.84 Å². The molecule has 2 aromatic rings. The van der Waals surface area contributed by atoms with Crippen LogP contribution in [-0.2, 0) is 0 Å². The third-order valence-electron chi connectivity index (χ3n) is 2.22. The number of halogens is 1. The zero-order chi connectivity index (χ0) is 11.7. The third-order valence-corrected chi connectivity index (χ3v) is 2.46. The van der Waals surface area contributed by atoms with Gasteiger partial charge in [-0.2, -0.15) is 0 Å². The van der Waals surface area contributed by atoms with Crippen molar-refractivity contribution in [2.75, 3.05) is 5.73 Å². The largest absolute Gasteiger partial charge is 0.383 e. The number of hydrogen-bond acceptors (Lipinski definition) is 4. The standard InChI is InChI=1S/C10H10ClN5/c11-6-2-1-5-3-8(10(13)16-14)15-9(12)7(5)4-6/h1-4H,14H2,(H2,12,15)(H2,13,16). The Kier molecular flexibility index (Phi) is 2.64. The van der Waals surface area contributed by atoms with E-state index in [2.05, 4.69) is 10.4 Å². The van der Waals surface area contributed by atoms with Crippen LogP contribution >= 0.6 is 11.6 Å². The van der Waals surface area contributed by atoms with Gasteiger partial charge in [0.25, 0.3) is 0 Å². The van der Waals surface area contributed by atoms with Gasteiger partial charge in [-0.1, -0.05) is 17.7 Å². The number of benzene rings is 1. The Morgan fingerprint density at radius 2 is 2.12 bits per heavy atom. The third kappa shape index (κ3) is 1.78. The molecule has 0 amide bonds. The fourth-order valence-electron chi connectivity index (χ4n) is 1.45. The summed E-state index contributed by atoms with van der Waals surface area (Å²) < 4.78 is 0. The predicted octanol–water partition coefficient (Wildman–Crippen LogP) is 1.26. The van der Waals surface area contributed by atoms with Crippen molar-refractivity contribution in [2.24, 2.45) is 5.84 Å². The predicted molar refractivity (Wildman–Crippen MR) is 65.3 cm³/mol. The maximum Gasteiger partial charge on any atom is 0.158 e. The van der Waals surface area contributed by atoms with Crippen LogP contribution in [0.2, 0.25) is 5.02 Å². The van der Waals surface area contributed by atoms with E-state index in [1.807, 2.05) is 6.07 Å². The molecule has 0 aliphatic heterocycles. The van der Waals surface area contributed by atoms with Gasteiger partial charge in [-0.05, 0) is 23.6 Å². The molecule has 0 saturated carbocycles. The highest BCUT2D eigenvalue weighted by Gasteiger charge is 2.07. The monoisotopic (exact) mass is 235 g/mol. The minimum atomic E-state index is 0.0172. The van der Waals surface area contributed by atoms with Gasteiger partial charge in [0.05, 0.1) is 0 Å². The topological polar surface area (TPSA) is 101 Å². The molecule has 6 heteroatoms. The molecule has 5 nitrogen and oxygen atoms in total. The van der Waals surface area contributed by atoms with Crippen molar-refractivity contribution >= 4 is 34.0 Å². The molecule has 0 saturated heterocycles. The van der Waals surface area contributed by atoms with Crippen LogP contribution in [0.5, 0.6) is 0 Å². The van der Waals surface area contributed by atoms with Gasteiger partial charge in [-0.3, -0.25) is 5.41 Å². The molecular formula is C10H10ClN5. The zero-order valence-electron chi connectivity index (χ0n) is 8.29. The Balaban J connectivity index is 2.68. The van der Waals surface area contributed by atoms with Crippen molar-refractivity contribution in [3.8, 4) is 0 Å². The normalized spacial score (nSPS) is 10.4. The lowest BCUT2D eigenvalue weighted by Crippen LogP contribution is -2.30. The van der Waals surface area contributed by atoms with Crippen molar-refractivity contribution in [3.05, 3.63) is 35.0 Å². The molecule has 0 aliphatic carbocycles. The molecule has 16 heavy (non-hydrogen) atoms. The second-order valence-corrected chi connectivity index (χ2v) is 3.71. The van der Waals surface area contributed by atoms with Crippen LogP contribution in [0.1, 0.15) is 5.69 Å². The molecular weight excluding hydrogens is 226 g/mol. The van der Waals surface area contributed by atoms with E-state index in [4.69, 9.17) is 28.6 Å². The summed E-state index contributed by atoms with van der Waals surface area (Å²) in [5.41, 5.74) is 8.41. The first kappa shape index (κ1) is 10.7. The minimum Gasteiger partial charge on any atom is -0.383 e. The summed E-state index contributed by atoms with van der Waals surface area (Å²) in [6.45, 7) is 0. The molecule has 0 bridgehead atoms. The van der Waals surface area contributed by atoms with Gasteiger partial charge in [0.2, 0.25) is 0 Å². The van der Waals surface area contributed by atoms with Crippen LogP contribution in [-0.4, -0.2) is 10.8 Å². The van der Waals surface area contributed by atoms with E-state index in [0.29, 0.717) is 16.5 Å². The number of nitrogens with zero attached hydrogens (tertiary/aromatic N) is 1. The molecule has 6 N–H and O–H groups in total. The van der Waals surface area contributed by atoms with Crippen molar-refractivity contribution in [1.82, 2.24) is 10.4 Å². The van der Waals surface area contributed by atoms with Gasteiger partial charge in [0.1, 0.15) is 11.5 Å². The number of nitrogens with one attached hydrogen (secondary N) is 2. The number of nitrogens with two attached hydrogens (primary N) is 2. The molecule has 0 aliphatic rings. The van der Waals surface area contributed by atoms with Crippen LogP contribution in [0.4, 0.5) is 5.82 Å². The quantitative estimate of drug-likeness (QED) is 0.259. The summed E-state index contributed by atoms with van der Waals surface area (Å²) in [5, 5.41) is 9.74. The molecule has 0 unspecified atom stereocenters. The second-order valence-electron chi connectivity index (χ2n) is 3.28. The SMILES string of the molecule is N=C(NN)c1cc2ccc(Cl)cc2c(N)n1. The number of pyridine rings is 1. The maximum atomic E-state index is 7.51. The minimum absolute atomic E-state index is 0.0172. The van der Waals surface area contributed by atoms with Crippen LogP contribution in [0.25, 0.3) is 10.8 Å². The Bertz CT molecular complexity index is 566. The zero-order valence-corrected chi connectivity index (χ0v) is 9.05. The van der Waals surface area contributed by atoms with Crippen LogP contribution in [0, 0.1) is 5.41 Å². The van der Waals surface area contributed by atoms with Gasteiger partial charge in [-0.25, -0.2) is 10.8 Å². The average Bonchev–Trinajstić information content (AvgIpc) is 2.28. The van der Waals surface area contributed by atoms with Crippen molar-refractivity contribution < 1.29 is 0 Å². The van der Waals surface area contributed by atoms with Gasteiger partial charge in [0, 0.05) is 10.4 Å². The van der Waals surface area contributed by atoms with E-state index in [1.165, 1.54) is 0 Å². The number of hydrazine groups is 1. The summed E-state index contributed by atoms with van der Waals surface area (Å²) in [5.74, 6) is 5.49. The van der Waals surface area contributed by atoms with Crippen molar-refractivity contribution in [3.63, 3.8) is 0 Å². The van der Waals surface area contributed by atoms with Gasteiger partial charge >= 0.3 is 0 Å². The number of hydrogen-bond donors (Lipinski definition) is 4. The average molecular weight is 236 g/mol. The number of nitrogen functional groups attached to an aromatic ring is 1. The molecule has 0 radical (unpaired) electrons. The molecule has 0 spiro atoms. The summed E-state index contributed by atoms with van der Waals surface area (Å²) in [4.78, 5) is 4.07. The second kappa shape index (κ2) is 3.96. The van der Waals surface area contributed by atoms with Gasteiger partial charge in [0.15, 0.2) is 5.84 Å². The highest BCUT2D eigenvalue weighted by molar-refractivity contribution is 6.31. The van der Waals surface area contributed by atoms with Crippen LogP contribution in [0.3, 0.4) is 0 Å².